The molecule has 17 heavy (non-hydrogen) atoms. The number of benzene rings is 2. The molecule has 1 unspecified atom stereocenters. The minimum absolute atomic E-state index is 0.275. The lowest BCUT2D eigenvalue weighted by molar-refractivity contribution is 0.0956. The van der Waals surface area contributed by atoms with Gasteiger partial charge in [-0.3, -0.25) is 0 Å². The fourth-order valence-corrected chi connectivity index (χ4v) is 1.69. The van der Waals surface area contributed by atoms with Gasteiger partial charge in [0.2, 0.25) is 0 Å². The summed E-state index contributed by atoms with van der Waals surface area (Å²) < 4.78 is 13.5. The van der Waals surface area contributed by atoms with E-state index in [1.807, 2.05) is 0 Å². The third kappa shape index (κ3) is 2.52. The van der Waals surface area contributed by atoms with E-state index in [1.165, 1.54) is 6.07 Å². The first-order chi connectivity index (χ1) is 8.22. The summed E-state index contributed by atoms with van der Waals surface area (Å²) in [4.78, 5) is 0. The van der Waals surface area contributed by atoms with Crippen LogP contribution in [-0.2, 0) is 0 Å². The Hall–Kier alpha value is -1.71. The molecule has 2 aromatic carbocycles. The van der Waals surface area contributed by atoms with E-state index in [0.717, 1.165) is 5.56 Å². The summed E-state index contributed by atoms with van der Waals surface area (Å²) in [6.07, 6.45) is -0.885. The van der Waals surface area contributed by atoms with Crippen LogP contribution in [-0.4, -0.2) is 16.8 Å². The summed E-state index contributed by atoms with van der Waals surface area (Å²) in [5.74, 6) is -0.275. The lowest BCUT2D eigenvalue weighted by atomic mass is 10.0. The summed E-state index contributed by atoms with van der Waals surface area (Å²) >= 11 is 0. The number of hydrogen-bond acceptors (Lipinski definition) is 2. The highest BCUT2D eigenvalue weighted by molar-refractivity contribution is 5.64. The fourth-order valence-electron chi connectivity index (χ4n) is 1.69. The average Bonchev–Trinajstić information content (AvgIpc) is 2.39. The van der Waals surface area contributed by atoms with Crippen molar-refractivity contribution in [3.05, 3.63) is 59.9 Å². The van der Waals surface area contributed by atoms with Gasteiger partial charge in [0, 0.05) is 5.56 Å². The number of aliphatic hydroxyl groups is 2. The highest BCUT2D eigenvalue weighted by Crippen LogP contribution is 2.24. The Morgan fingerprint density at radius 1 is 1.00 bits per heavy atom. The van der Waals surface area contributed by atoms with Crippen molar-refractivity contribution in [3.63, 3.8) is 0 Å². The van der Waals surface area contributed by atoms with Gasteiger partial charge in [-0.2, -0.15) is 0 Å². The zero-order chi connectivity index (χ0) is 12.3. The van der Waals surface area contributed by atoms with Crippen LogP contribution in [0.15, 0.2) is 48.5 Å². The van der Waals surface area contributed by atoms with E-state index < -0.39 is 6.10 Å². The predicted octanol–water partition coefficient (Wildman–Crippen LogP) is 2.52. The lowest BCUT2D eigenvalue weighted by Gasteiger charge is -2.09. The van der Waals surface area contributed by atoms with Crippen molar-refractivity contribution in [2.75, 3.05) is 6.61 Å². The maximum atomic E-state index is 13.5. The lowest BCUT2D eigenvalue weighted by Crippen LogP contribution is -2.01. The maximum Gasteiger partial charge on any atom is 0.131 e. The standard InChI is InChI=1S/C14H13FO2/c15-13-4-2-1-3-12(13)10-5-7-11(8-6-10)14(17)9-16/h1-8,14,16-17H,9H2. The second-order valence-corrected chi connectivity index (χ2v) is 3.80. The molecule has 0 saturated heterocycles. The van der Waals surface area contributed by atoms with Crippen LogP contribution in [0.3, 0.4) is 0 Å². The summed E-state index contributed by atoms with van der Waals surface area (Å²) in [6, 6.07) is 13.3. The summed E-state index contributed by atoms with van der Waals surface area (Å²) in [5.41, 5.74) is 1.89. The molecule has 0 aromatic heterocycles. The minimum Gasteiger partial charge on any atom is -0.393 e. The van der Waals surface area contributed by atoms with Gasteiger partial charge in [-0.15, -0.1) is 0 Å². The van der Waals surface area contributed by atoms with Gasteiger partial charge >= 0.3 is 0 Å². The van der Waals surface area contributed by atoms with Crippen LogP contribution in [0.4, 0.5) is 4.39 Å². The van der Waals surface area contributed by atoms with Crippen LogP contribution < -0.4 is 0 Å². The topological polar surface area (TPSA) is 40.5 Å². The first-order valence-corrected chi connectivity index (χ1v) is 5.36. The quantitative estimate of drug-likeness (QED) is 0.853. The van der Waals surface area contributed by atoms with E-state index in [1.54, 1.807) is 42.5 Å². The number of aliphatic hydroxyl groups excluding tert-OH is 2. The molecule has 0 fully saturated rings. The van der Waals surface area contributed by atoms with Crippen molar-refractivity contribution < 1.29 is 14.6 Å². The number of hydrogen-bond donors (Lipinski definition) is 2. The van der Waals surface area contributed by atoms with Gasteiger partial charge in [-0.25, -0.2) is 4.39 Å². The van der Waals surface area contributed by atoms with Gasteiger partial charge in [0.15, 0.2) is 0 Å². The predicted molar refractivity (Wildman–Crippen MR) is 63.9 cm³/mol. The second-order valence-electron chi connectivity index (χ2n) is 3.80. The van der Waals surface area contributed by atoms with E-state index >= 15 is 0 Å². The molecule has 0 aliphatic heterocycles. The van der Waals surface area contributed by atoms with Gasteiger partial charge in [0.05, 0.1) is 6.61 Å². The van der Waals surface area contributed by atoms with Gasteiger partial charge in [0.1, 0.15) is 11.9 Å². The third-order valence-electron chi connectivity index (χ3n) is 2.65. The first-order valence-electron chi connectivity index (χ1n) is 5.36. The molecule has 0 heterocycles. The van der Waals surface area contributed by atoms with Crippen molar-refractivity contribution in [1.82, 2.24) is 0 Å². The molecule has 0 aliphatic carbocycles. The zero-order valence-corrected chi connectivity index (χ0v) is 9.18. The van der Waals surface area contributed by atoms with Gasteiger partial charge in [-0.05, 0) is 17.2 Å². The van der Waals surface area contributed by atoms with Crippen LogP contribution in [0.25, 0.3) is 11.1 Å². The molecule has 2 N–H and O–H groups in total. The van der Waals surface area contributed by atoms with Crippen LogP contribution in [0.1, 0.15) is 11.7 Å². The van der Waals surface area contributed by atoms with Crippen molar-refractivity contribution in [2.24, 2.45) is 0 Å². The van der Waals surface area contributed by atoms with Crippen LogP contribution in [0.5, 0.6) is 0 Å². The monoisotopic (exact) mass is 232 g/mol. The van der Waals surface area contributed by atoms with Crippen LogP contribution in [0.2, 0.25) is 0 Å². The Balaban J connectivity index is 2.33. The molecule has 0 aliphatic rings. The van der Waals surface area contributed by atoms with Crippen molar-refractivity contribution in [1.29, 1.82) is 0 Å². The molecular formula is C14H13FO2. The second kappa shape index (κ2) is 5.08. The van der Waals surface area contributed by atoms with E-state index in [0.29, 0.717) is 11.1 Å². The summed E-state index contributed by atoms with van der Waals surface area (Å²) in [5, 5.41) is 18.2. The van der Waals surface area contributed by atoms with E-state index in [9.17, 15) is 9.50 Å². The molecule has 0 radical (unpaired) electrons. The third-order valence-corrected chi connectivity index (χ3v) is 2.65. The highest BCUT2D eigenvalue weighted by atomic mass is 19.1. The molecular weight excluding hydrogens is 219 g/mol. The Bertz CT molecular complexity index is 494. The maximum absolute atomic E-state index is 13.5. The van der Waals surface area contributed by atoms with Gasteiger partial charge in [0.25, 0.3) is 0 Å². The normalized spacial score (nSPS) is 12.4. The smallest absolute Gasteiger partial charge is 0.131 e. The van der Waals surface area contributed by atoms with E-state index in [-0.39, 0.29) is 12.4 Å². The molecule has 1 atom stereocenters. The Labute approximate surface area is 99.0 Å². The molecule has 0 saturated carbocycles. The Morgan fingerprint density at radius 3 is 2.24 bits per heavy atom. The molecule has 3 heteroatoms. The number of halogens is 1. The average molecular weight is 232 g/mol. The molecule has 2 nitrogen and oxygen atoms in total. The molecule has 2 rings (SSSR count). The molecule has 2 aromatic rings. The summed E-state index contributed by atoms with van der Waals surface area (Å²) in [7, 11) is 0. The van der Waals surface area contributed by atoms with Crippen LogP contribution in [0, 0.1) is 5.82 Å². The van der Waals surface area contributed by atoms with Crippen molar-refractivity contribution in [3.8, 4) is 11.1 Å². The molecule has 0 spiro atoms. The van der Waals surface area contributed by atoms with Gasteiger partial charge in [-0.1, -0.05) is 42.5 Å². The van der Waals surface area contributed by atoms with E-state index in [2.05, 4.69) is 0 Å². The fraction of sp³-hybridized carbons (Fsp3) is 0.143. The molecule has 0 bridgehead atoms. The van der Waals surface area contributed by atoms with Gasteiger partial charge < -0.3 is 10.2 Å². The minimum atomic E-state index is -0.885. The molecule has 88 valence electrons. The van der Waals surface area contributed by atoms with Crippen LogP contribution >= 0.6 is 0 Å². The van der Waals surface area contributed by atoms with Crippen molar-refractivity contribution >= 4 is 0 Å². The first kappa shape index (κ1) is 11.8. The number of rotatable bonds is 3. The van der Waals surface area contributed by atoms with E-state index in [4.69, 9.17) is 5.11 Å². The van der Waals surface area contributed by atoms with Crippen molar-refractivity contribution in [2.45, 2.75) is 6.10 Å². The zero-order valence-electron chi connectivity index (χ0n) is 9.18. The Kier molecular flexibility index (Phi) is 3.52. The Morgan fingerprint density at radius 2 is 1.65 bits per heavy atom. The largest absolute Gasteiger partial charge is 0.393 e. The SMILES string of the molecule is OCC(O)c1ccc(-c2ccccc2F)cc1. The highest BCUT2D eigenvalue weighted by Gasteiger charge is 2.07. The molecule has 0 amide bonds. The summed E-state index contributed by atoms with van der Waals surface area (Å²) in [6.45, 7) is -0.320.